The van der Waals surface area contributed by atoms with Crippen LogP contribution in [0.1, 0.15) is 55.0 Å². The number of aliphatic hydroxyl groups excluding tert-OH is 1. The first-order valence-electron chi connectivity index (χ1n) is 11.3. The minimum atomic E-state index is -0.976. The average molecular weight is 451 g/mol. The van der Waals surface area contributed by atoms with E-state index in [0.29, 0.717) is 25.8 Å². The minimum Gasteiger partial charge on any atom is -0.465 e. The average Bonchev–Trinajstić information content (AvgIpc) is 2.81. The van der Waals surface area contributed by atoms with Crippen LogP contribution in [0.3, 0.4) is 0 Å². The van der Waals surface area contributed by atoms with Crippen molar-refractivity contribution in [3.05, 3.63) is 89.5 Å². The number of rotatable bonds is 10. The van der Waals surface area contributed by atoms with E-state index in [-0.39, 0.29) is 24.4 Å². The van der Waals surface area contributed by atoms with Gasteiger partial charge in [0.2, 0.25) is 0 Å². The van der Waals surface area contributed by atoms with Gasteiger partial charge in [0.1, 0.15) is 5.82 Å². The molecule has 2 aromatic carbocycles. The van der Waals surface area contributed by atoms with Crippen molar-refractivity contribution < 1.29 is 19.4 Å². The van der Waals surface area contributed by atoms with Crippen LogP contribution in [-0.2, 0) is 0 Å². The molecule has 0 aliphatic heterocycles. The third kappa shape index (κ3) is 6.62. The molecule has 0 unspecified atom stereocenters. The van der Waals surface area contributed by atoms with E-state index in [1.807, 2.05) is 50.2 Å². The lowest BCUT2D eigenvalue weighted by molar-refractivity contribution is 0.125. The maximum Gasteiger partial charge on any atom is 0.407 e. The molecule has 1 aromatic heterocycles. The molecule has 33 heavy (non-hydrogen) atoms. The van der Waals surface area contributed by atoms with Crippen LogP contribution in [0.15, 0.2) is 66.9 Å². The van der Waals surface area contributed by atoms with Gasteiger partial charge in [0.25, 0.3) is 0 Å². The van der Waals surface area contributed by atoms with Gasteiger partial charge in [-0.15, -0.1) is 0 Å². The highest BCUT2D eigenvalue weighted by Crippen LogP contribution is 2.29. The predicted octanol–water partition coefficient (Wildman–Crippen LogP) is 6.18. The standard InChI is InChI=1S/C27H31FN2O3/c1-19-18-25(13-15-29-19)24-7-5-21(6-8-24)20(2)30(27(32)33)16-14-22(4-3-17-31)23-9-11-26(28)12-10-23/h5-13,15,18,20,22,31H,3-4,14,16-17H2,1-2H3,(H,32,33)/t20-,22-/m0/s1. The first-order valence-corrected chi connectivity index (χ1v) is 11.3. The van der Waals surface area contributed by atoms with Crippen LogP contribution < -0.4 is 0 Å². The lowest BCUT2D eigenvalue weighted by Gasteiger charge is -2.29. The minimum absolute atomic E-state index is 0.0455. The van der Waals surface area contributed by atoms with Crippen LogP contribution in [0.5, 0.6) is 0 Å². The van der Waals surface area contributed by atoms with Gasteiger partial charge in [0.15, 0.2) is 0 Å². The van der Waals surface area contributed by atoms with Crippen molar-refractivity contribution >= 4 is 6.09 Å². The molecule has 2 atom stereocenters. The highest BCUT2D eigenvalue weighted by Gasteiger charge is 2.23. The SMILES string of the molecule is Cc1cc(-c2ccc([C@H](C)N(CC[C@H](CCCO)c3ccc(F)cc3)C(=O)O)cc2)ccn1. The lowest BCUT2D eigenvalue weighted by Crippen LogP contribution is -2.34. The van der Waals surface area contributed by atoms with Crippen LogP contribution in [-0.4, -0.2) is 39.3 Å². The number of halogens is 1. The monoisotopic (exact) mass is 450 g/mol. The zero-order valence-electron chi connectivity index (χ0n) is 19.1. The summed E-state index contributed by atoms with van der Waals surface area (Å²) in [5.41, 5.74) is 4.95. The van der Waals surface area contributed by atoms with Gasteiger partial charge in [-0.3, -0.25) is 4.98 Å². The van der Waals surface area contributed by atoms with Crippen molar-refractivity contribution in [3.8, 4) is 11.1 Å². The molecule has 174 valence electrons. The van der Waals surface area contributed by atoms with E-state index in [1.165, 1.54) is 17.0 Å². The Morgan fingerprint density at radius 3 is 2.27 bits per heavy atom. The first kappa shape index (κ1) is 24.4. The molecule has 1 amide bonds. The van der Waals surface area contributed by atoms with Gasteiger partial charge < -0.3 is 15.1 Å². The molecule has 3 aromatic rings. The fourth-order valence-electron chi connectivity index (χ4n) is 4.16. The van der Waals surface area contributed by atoms with E-state index in [0.717, 1.165) is 27.9 Å². The zero-order valence-corrected chi connectivity index (χ0v) is 19.1. The molecule has 0 saturated carbocycles. The summed E-state index contributed by atoms with van der Waals surface area (Å²) in [6, 6.07) is 17.9. The van der Waals surface area contributed by atoms with Gasteiger partial charge in [-0.25, -0.2) is 9.18 Å². The van der Waals surface area contributed by atoms with Gasteiger partial charge in [0.05, 0.1) is 6.04 Å². The largest absolute Gasteiger partial charge is 0.465 e. The van der Waals surface area contributed by atoms with E-state index in [2.05, 4.69) is 4.98 Å². The number of aryl methyl sites for hydroxylation is 1. The van der Waals surface area contributed by atoms with E-state index in [4.69, 9.17) is 0 Å². The Kier molecular flexibility index (Phi) is 8.55. The van der Waals surface area contributed by atoms with Crippen molar-refractivity contribution in [1.29, 1.82) is 0 Å². The number of hydrogen-bond acceptors (Lipinski definition) is 3. The number of nitrogens with zero attached hydrogens (tertiary/aromatic N) is 2. The molecule has 0 radical (unpaired) electrons. The zero-order chi connectivity index (χ0) is 23.8. The Balaban J connectivity index is 1.73. The molecular weight excluding hydrogens is 419 g/mol. The number of pyridine rings is 1. The molecule has 0 aliphatic carbocycles. The Hall–Kier alpha value is -3.25. The highest BCUT2D eigenvalue weighted by atomic mass is 19.1. The summed E-state index contributed by atoms with van der Waals surface area (Å²) < 4.78 is 13.3. The molecule has 0 aliphatic rings. The highest BCUT2D eigenvalue weighted by molar-refractivity contribution is 5.66. The van der Waals surface area contributed by atoms with Gasteiger partial charge in [-0.1, -0.05) is 36.4 Å². The lowest BCUT2D eigenvalue weighted by atomic mass is 9.90. The predicted molar refractivity (Wildman–Crippen MR) is 128 cm³/mol. The molecule has 0 saturated heterocycles. The maximum absolute atomic E-state index is 13.3. The van der Waals surface area contributed by atoms with E-state index in [1.54, 1.807) is 18.3 Å². The molecule has 2 N–H and O–H groups in total. The van der Waals surface area contributed by atoms with E-state index >= 15 is 0 Å². The van der Waals surface area contributed by atoms with Crippen LogP contribution >= 0.6 is 0 Å². The van der Waals surface area contributed by atoms with Crippen LogP contribution in [0.25, 0.3) is 11.1 Å². The quantitative estimate of drug-likeness (QED) is 0.387. The van der Waals surface area contributed by atoms with Crippen LogP contribution in [0.2, 0.25) is 0 Å². The number of aliphatic hydroxyl groups is 1. The van der Waals surface area contributed by atoms with Gasteiger partial charge >= 0.3 is 6.09 Å². The second kappa shape index (κ2) is 11.6. The molecule has 0 bridgehead atoms. The molecule has 1 heterocycles. The third-order valence-electron chi connectivity index (χ3n) is 6.11. The number of carboxylic acid groups (broad SMARTS) is 1. The first-order chi connectivity index (χ1) is 15.9. The number of carbonyl (C=O) groups is 1. The smallest absolute Gasteiger partial charge is 0.407 e. The van der Waals surface area contributed by atoms with Gasteiger partial charge in [-0.05, 0) is 85.5 Å². The maximum atomic E-state index is 13.3. The van der Waals surface area contributed by atoms with Crippen molar-refractivity contribution in [1.82, 2.24) is 9.88 Å². The summed E-state index contributed by atoms with van der Waals surface area (Å²) >= 11 is 0. The summed E-state index contributed by atoms with van der Waals surface area (Å²) in [5.74, 6) is -0.255. The van der Waals surface area contributed by atoms with Crippen molar-refractivity contribution in [3.63, 3.8) is 0 Å². The third-order valence-corrected chi connectivity index (χ3v) is 6.11. The fourth-order valence-corrected chi connectivity index (χ4v) is 4.16. The molecule has 5 nitrogen and oxygen atoms in total. The van der Waals surface area contributed by atoms with Crippen LogP contribution in [0.4, 0.5) is 9.18 Å². The molecule has 0 fully saturated rings. The molecule has 6 heteroatoms. The normalized spacial score (nSPS) is 12.8. The van der Waals surface area contributed by atoms with Gasteiger partial charge in [-0.2, -0.15) is 0 Å². The van der Waals surface area contributed by atoms with Crippen molar-refractivity contribution in [2.45, 2.75) is 45.1 Å². The molecule has 0 spiro atoms. The van der Waals surface area contributed by atoms with Crippen molar-refractivity contribution in [2.75, 3.05) is 13.2 Å². The summed E-state index contributed by atoms with van der Waals surface area (Å²) in [5, 5.41) is 19.2. The molecular formula is C27H31FN2O3. The summed E-state index contributed by atoms with van der Waals surface area (Å²) in [6.07, 6.45) is 2.72. The Labute approximate surface area is 194 Å². The number of amides is 1. The second-order valence-corrected chi connectivity index (χ2v) is 8.36. The Morgan fingerprint density at radius 2 is 1.67 bits per heavy atom. The molecule has 3 rings (SSSR count). The van der Waals surface area contributed by atoms with E-state index in [9.17, 15) is 19.4 Å². The summed E-state index contributed by atoms with van der Waals surface area (Å²) in [6.45, 7) is 4.25. The number of aromatic nitrogens is 1. The Morgan fingerprint density at radius 1 is 1.00 bits per heavy atom. The van der Waals surface area contributed by atoms with Crippen molar-refractivity contribution in [2.24, 2.45) is 0 Å². The summed E-state index contributed by atoms with van der Waals surface area (Å²) in [4.78, 5) is 17.8. The fraction of sp³-hybridized carbons (Fsp3) is 0.333. The topological polar surface area (TPSA) is 73.7 Å². The number of benzene rings is 2. The van der Waals surface area contributed by atoms with E-state index < -0.39 is 6.09 Å². The summed E-state index contributed by atoms with van der Waals surface area (Å²) in [7, 11) is 0. The van der Waals surface area contributed by atoms with Gasteiger partial charge in [0, 0.05) is 25.0 Å². The number of hydrogen-bond donors (Lipinski definition) is 2. The van der Waals surface area contributed by atoms with Crippen LogP contribution in [0, 0.1) is 12.7 Å². The second-order valence-electron chi connectivity index (χ2n) is 8.36. The Bertz CT molecular complexity index is 1040.